The van der Waals surface area contributed by atoms with Gasteiger partial charge >= 0.3 is 0 Å². The van der Waals surface area contributed by atoms with Crippen molar-refractivity contribution in [2.45, 2.75) is 6.92 Å². The van der Waals surface area contributed by atoms with Crippen LogP contribution in [-0.2, 0) is 4.79 Å². The molecular weight excluding hydrogens is 362 g/mol. The van der Waals surface area contributed by atoms with Gasteiger partial charge in [0.25, 0.3) is 5.91 Å². The van der Waals surface area contributed by atoms with Gasteiger partial charge in [0.2, 0.25) is 0 Å². The van der Waals surface area contributed by atoms with Gasteiger partial charge in [-0.25, -0.2) is 0 Å². The van der Waals surface area contributed by atoms with E-state index in [-0.39, 0.29) is 12.5 Å². The number of halogens is 1. The van der Waals surface area contributed by atoms with E-state index >= 15 is 0 Å². The summed E-state index contributed by atoms with van der Waals surface area (Å²) in [6, 6.07) is 11.1. The predicted molar refractivity (Wildman–Crippen MR) is 90.4 cm³/mol. The van der Waals surface area contributed by atoms with E-state index in [0.29, 0.717) is 36.1 Å². The molecule has 5 nitrogen and oxygen atoms in total. The van der Waals surface area contributed by atoms with Crippen LogP contribution in [0.2, 0.25) is 0 Å². The molecule has 0 aromatic heterocycles. The maximum absolute atomic E-state index is 12.0. The molecule has 0 aliphatic carbocycles. The first-order chi connectivity index (χ1) is 11.1. The zero-order valence-corrected chi connectivity index (χ0v) is 14.2. The number of hydrogen-bond donors (Lipinski definition) is 1. The van der Waals surface area contributed by atoms with E-state index in [2.05, 4.69) is 21.2 Å². The lowest BCUT2D eigenvalue weighted by Crippen LogP contribution is -2.21. The standard InChI is InChI=1S/C17H16BrNO4/c1-11-2-4-12(5-3-11)23-10-17(20)19-14-9-16-15(8-13(14)18)21-6-7-22-16/h2-5,8-9H,6-7,10H2,1H3,(H,19,20). The molecule has 1 N–H and O–H groups in total. The number of ether oxygens (including phenoxy) is 3. The van der Waals surface area contributed by atoms with Gasteiger partial charge in [-0.15, -0.1) is 0 Å². The number of carbonyl (C=O) groups is 1. The molecule has 0 saturated heterocycles. The highest BCUT2D eigenvalue weighted by atomic mass is 79.9. The summed E-state index contributed by atoms with van der Waals surface area (Å²) in [5.41, 5.74) is 1.76. The fourth-order valence-electron chi connectivity index (χ4n) is 2.13. The van der Waals surface area contributed by atoms with Crippen LogP contribution in [-0.4, -0.2) is 25.7 Å². The molecule has 1 aliphatic rings. The van der Waals surface area contributed by atoms with Gasteiger partial charge in [0.1, 0.15) is 19.0 Å². The van der Waals surface area contributed by atoms with Crippen molar-refractivity contribution in [3.05, 3.63) is 46.4 Å². The molecule has 23 heavy (non-hydrogen) atoms. The van der Waals surface area contributed by atoms with E-state index < -0.39 is 0 Å². The minimum absolute atomic E-state index is 0.0655. The number of aryl methyl sites for hydroxylation is 1. The number of amides is 1. The third-order valence-electron chi connectivity index (χ3n) is 3.30. The molecule has 0 atom stereocenters. The van der Waals surface area contributed by atoms with E-state index in [1.165, 1.54) is 0 Å². The first-order valence-electron chi connectivity index (χ1n) is 7.20. The second kappa shape index (κ2) is 6.91. The van der Waals surface area contributed by atoms with E-state index in [1.54, 1.807) is 12.1 Å². The lowest BCUT2D eigenvalue weighted by molar-refractivity contribution is -0.118. The summed E-state index contributed by atoms with van der Waals surface area (Å²) in [6.45, 7) is 2.95. The van der Waals surface area contributed by atoms with Crippen LogP contribution < -0.4 is 19.5 Å². The fraction of sp³-hybridized carbons (Fsp3) is 0.235. The van der Waals surface area contributed by atoms with Gasteiger partial charge in [0, 0.05) is 16.6 Å². The van der Waals surface area contributed by atoms with Gasteiger partial charge in [0.05, 0.1) is 5.69 Å². The molecule has 0 radical (unpaired) electrons. The number of fused-ring (bicyclic) bond motifs is 1. The number of anilines is 1. The summed E-state index contributed by atoms with van der Waals surface area (Å²) in [5, 5.41) is 2.80. The third-order valence-corrected chi connectivity index (χ3v) is 3.95. The lowest BCUT2D eigenvalue weighted by atomic mass is 10.2. The molecule has 2 aromatic carbocycles. The minimum Gasteiger partial charge on any atom is -0.486 e. The highest BCUT2D eigenvalue weighted by Gasteiger charge is 2.16. The van der Waals surface area contributed by atoms with Crippen molar-refractivity contribution < 1.29 is 19.0 Å². The van der Waals surface area contributed by atoms with Crippen LogP contribution in [0.5, 0.6) is 17.2 Å². The average Bonchev–Trinajstić information content (AvgIpc) is 2.55. The average molecular weight is 378 g/mol. The van der Waals surface area contributed by atoms with E-state index in [1.807, 2.05) is 31.2 Å². The molecule has 0 unspecified atom stereocenters. The second-order valence-electron chi connectivity index (χ2n) is 5.13. The highest BCUT2D eigenvalue weighted by Crippen LogP contribution is 2.38. The number of hydrogen-bond acceptors (Lipinski definition) is 4. The number of benzene rings is 2. The molecule has 3 rings (SSSR count). The van der Waals surface area contributed by atoms with Crippen molar-refractivity contribution in [2.75, 3.05) is 25.1 Å². The van der Waals surface area contributed by atoms with E-state index in [9.17, 15) is 4.79 Å². The molecule has 1 aliphatic heterocycles. The van der Waals surface area contributed by atoms with Gasteiger partial charge in [-0.05, 0) is 35.0 Å². The summed E-state index contributed by atoms with van der Waals surface area (Å²) in [6.07, 6.45) is 0. The van der Waals surface area contributed by atoms with Crippen molar-refractivity contribution in [3.8, 4) is 17.2 Å². The molecule has 2 aromatic rings. The first kappa shape index (κ1) is 15.7. The summed E-state index contributed by atoms with van der Waals surface area (Å²) in [7, 11) is 0. The van der Waals surface area contributed by atoms with Crippen molar-refractivity contribution in [1.29, 1.82) is 0 Å². The fourth-order valence-corrected chi connectivity index (χ4v) is 2.55. The Hall–Kier alpha value is -2.21. The monoisotopic (exact) mass is 377 g/mol. The summed E-state index contributed by atoms with van der Waals surface area (Å²) < 4.78 is 17.2. The number of nitrogens with one attached hydrogen (secondary N) is 1. The maximum Gasteiger partial charge on any atom is 0.262 e. The van der Waals surface area contributed by atoms with Gasteiger partial charge in [-0.3, -0.25) is 4.79 Å². The Morgan fingerprint density at radius 1 is 1.17 bits per heavy atom. The summed E-state index contributed by atoms with van der Waals surface area (Å²) in [4.78, 5) is 12.0. The Morgan fingerprint density at radius 3 is 2.52 bits per heavy atom. The predicted octanol–water partition coefficient (Wildman–Crippen LogP) is 3.55. The van der Waals surface area contributed by atoms with Crippen LogP contribution >= 0.6 is 15.9 Å². The van der Waals surface area contributed by atoms with Gasteiger partial charge in [-0.1, -0.05) is 17.7 Å². The Morgan fingerprint density at radius 2 is 1.83 bits per heavy atom. The Balaban J connectivity index is 1.62. The van der Waals surface area contributed by atoms with Gasteiger partial charge in [0.15, 0.2) is 18.1 Å². The zero-order valence-electron chi connectivity index (χ0n) is 12.6. The highest BCUT2D eigenvalue weighted by molar-refractivity contribution is 9.10. The van der Waals surface area contributed by atoms with Crippen molar-refractivity contribution in [1.82, 2.24) is 0 Å². The maximum atomic E-state index is 12.0. The summed E-state index contributed by atoms with van der Waals surface area (Å²) in [5.74, 6) is 1.70. The van der Waals surface area contributed by atoms with E-state index in [0.717, 1.165) is 10.0 Å². The zero-order chi connectivity index (χ0) is 16.2. The topological polar surface area (TPSA) is 56.8 Å². The molecule has 0 saturated carbocycles. The Bertz CT molecular complexity index is 715. The molecular formula is C17H16BrNO4. The van der Waals surface area contributed by atoms with Crippen molar-refractivity contribution in [2.24, 2.45) is 0 Å². The van der Waals surface area contributed by atoms with Crippen LogP contribution in [0.3, 0.4) is 0 Å². The van der Waals surface area contributed by atoms with Crippen molar-refractivity contribution >= 4 is 27.5 Å². The molecule has 1 amide bonds. The molecule has 0 fully saturated rings. The van der Waals surface area contributed by atoms with Gasteiger partial charge < -0.3 is 19.5 Å². The number of carbonyl (C=O) groups excluding carboxylic acids is 1. The Labute approximate surface area is 142 Å². The summed E-state index contributed by atoms with van der Waals surface area (Å²) >= 11 is 3.42. The third kappa shape index (κ3) is 3.96. The quantitative estimate of drug-likeness (QED) is 0.884. The van der Waals surface area contributed by atoms with Crippen LogP contribution in [0.1, 0.15) is 5.56 Å². The largest absolute Gasteiger partial charge is 0.486 e. The van der Waals surface area contributed by atoms with Crippen molar-refractivity contribution in [3.63, 3.8) is 0 Å². The first-order valence-corrected chi connectivity index (χ1v) is 7.99. The van der Waals surface area contributed by atoms with Gasteiger partial charge in [-0.2, -0.15) is 0 Å². The van der Waals surface area contributed by atoms with Crippen LogP contribution in [0, 0.1) is 6.92 Å². The van der Waals surface area contributed by atoms with Crippen LogP contribution in [0.15, 0.2) is 40.9 Å². The lowest BCUT2D eigenvalue weighted by Gasteiger charge is -2.20. The molecule has 0 spiro atoms. The Kier molecular flexibility index (Phi) is 4.71. The van der Waals surface area contributed by atoms with Crippen LogP contribution in [0.25, 0.3) is 0 Å². The molecule has 1 heterocycles. The van der Waals surface area contributed by atoms with E-state index in [4.69, 9.17) is 14.2 Å². The number of rotatable bonds is 4. The second-order valence-corrected chi connectivity index (χ2v) is 5.98. The van der Waals surface area contributed by atoms with Crippen LogP contribution in [0.4, 0.5) is 5.69 Å². The molecule has 120 valence electrons. The molecule has 6 heteroatoms. The molecule has 0 bridgehead atoms. The normalized spacial score (nSPS) is 12.6. The smallest absolute Gasteiger partial charge is 0.262 e. The minimum atomic E-state index is -0.247. The SMILES string of the molecule is Cc1ccc(OCC(=O)Nc2cc3c(cc2Br)OCCO3)cc1.